The van der Waals surface area contributed by atoms with Crippen molar-refractivity contribution < 1.29 is 35.5 Å². The second kappa shape index (κ2) is 7.06. The van der Waals surface area contributed by atoms with Crippen LogP contribution < -0.4 is 4.74 Å². The molecule has 2 heterocycles. The molecule has 146 valence electrons. The van der Waals surface area contributed by atoms with Gasteiger partial charge in [0.2, 0.25) is 5.88 Å². The predicted octanol–water partition coefficient (Wildman–Crippen LogP) is 5.51. The van der Waals surface area contributed by atoms with E-state index in [9.17, 15) is 30.7 Å². The maximum atomic E-state index is 13.4. The van der Waals surface area contributed by atoms with Gasteiger partial charge in [0, 0.05) is 24.0 Å². The second-order valence-electron chi connectivity index (χ2n) is 5.39. The molecular formula is C17H8F7N3O. The Morgan fingerprint density at radius 1 is 0.786 bits per heavy atom. The zero-order chi connectivity index (χ0) is 20.5. The molecule has 0 aliphatic rings. The molecule has 3 aromatic rings. The van der Waals surface area contributed by atoms with Crippen LogP contribution >= 0.6 is 0 Å². The van der Waals surface area contributed by atoms with Gasteiger partial charge >= 0.3 is 12.4 Å². The first-order chi connectivity index (χ1) is 13.0. The van der Waals surface area contributed by atoms with Crippen molar-refractivity contribution in [1.29, 1.82) is 0 Å². The topological polar surface area (TPSA) is 47.9 Å². The lowest BCUT2D eigenvalue weighted by Gasteiger charge is -2.13. The van der Waals surface area contributed by atoms with Crippen LogP contribution in [0.4, 0.5) is 30.7 Å². The van der Waals surface area contributed by atoms with Gasteiger partial charge in [0.05, 0.1) is 5.56 Å². The Labute approximate surface area is 152 Å². The molecule has 0 radical (unpaired) electrons. The van der Waals surface area contributed by atoms with Crippen LogP contribution in [-0.4, -0.2) is 15.0 Å². The largest absolute Gasteiger partial charge is 0.439 e. The molecular weight excluding hydrogens is 395 g/mol. The minimum absolute atomic E-state index is 0.182. The Morgan fingerprint density at radius 2 is 1.46 bits per heavy atom. The third-order valence-electron chi connectivity index (χ3n) is 3.40. The molecule has 0 amide bonds. The number of pyridine rings is 1. The highest BCUT2D eigenvalue weighted by Gasteiger charge is 2.35. The zero-order valence-corrected chi connectivity index (χ0v) is 13.5. The Kier molecular flexibility index (Phi) is 4.92. The number of hydrogen-bond donors (Lipinski definition) is 0. The highest BCUT2D eigenvalue weighted by atomic mass is 19.4. The van der Waals surface area contributed by atoms with Gasteiger partial charge in [-0.3, -0.25) is 4.98 Å². The van der Waals surface area contributed by atoms with E-state index in [4.69, 9.17) is 4.74 Å². The van der Waals surface area contributed by atoms with E-state index in [1.165, 1.54) is 24.5 Å². The van der Waals surface area contributed by atoms with Crippen molar-refractivity contribution >= 4 is 0 Å². The van der Waals surface area contributed by atoms with E-state index < -0.39 is 41.1 Å². The Bertz CT molecular complexity index is 988. The molecule has 0 fully saturated rings. The zero-order valence-electron chi connectivity index (χ0n) is 13.5. The number of benzene rings is 1. The number of rotatable bonds is 3. The highest BCUT2D eigenvalue weighted by molar-refractivity contribution is 5.54. The van der Waals surface area contributed by atoms with Gasteiger partial charge < -0.3 is 4.74 Å². The first-order valence-corrected chi connectivity index (χ1v) is 7.45. The Hall–Kier alpha value is -3.24. The molecule has 0 aliphatic carbocycles. The third kappa shape index (κ3) is 4.35. The first-order valence-electron chi connectivity index (χ1n) is 7.45. The summed E-state index contributed by atoms with van der Waals surface area (Å²) < 4.78 is 96.1. The van der Waals surface area contributed by atoms with Gasteiger partial charge in [-0.1, -0.05) is 0 Å². The number of nitrogens with zero attached hydrogens (tertiary/aromatic N) is 3. The molecule has 4 nitrogen and oxygen atoms in total. The fourth-order valence-electron chi connectivity index (χ4n) is 2.16. The van der Waals surface area contributed by atoms with Crippen LogP contribution in [0.1, 0.15) is 11.3 Å². The second-order valence-corrected chi connectivity index (χ2v) is 5.39. The minimum Gasteiger partial charge on any atom is -0.439 e. The molecule has 11 heteroatoms. The number of hydrogen-bond acceptors (Lipinski definition) is 4. The molecule has 0 saturated heterocycles. The summed E-state index contributed by atoms with van der Waals surface area (Å²) in [7, 11) is 0. The molecule has 0 saturated carbocycles. The summed E-state index contributed by atoms with van der Waals surface area (Å²) in [6.45, 7) is 0. The van der Waals surface area contributed by atoms with E-state index in [2.05, 4.69) is 15.0 Å². The number of alkyl halides is 6. The molecule has 0 aliphatic heterocycles. The van der Waals surface area contributed by atoms with Crippen molar-refractivity contribution in [1.82, 2.24) is 15.0 Å². The fraction of sp³-hybridized carbons (Fsp3) is 0.118. The lowest BCUT2D eigenvalue weighted by Crippen LogP contribution is -2.10. The smallest absolute Gasteiger partial charge is 0.433 e. The Balaban J connectivity index is 2.05. The fourth-order valence-corrected chi connectivity index (χ4v) is 2.16. The molecule has 0 N–H and O–H groups in total. The predicted molar refractivity (Wildman–Crippen MR) is 81.7 cm³/mol. The Morgan fingerprint density at radius 3 is 2.07 bits per heavy atom. The van der Waals surface area contributed by atoms with Gasteiger partial charge in [0.15, 0.2) is 11.5 Å². The van der Waals surface area contributed by atoms with Crippen molar-refractivity contribution in [2.45, 2.75) is 12.4 Å². The van der Waals surface area contributed by atoms with Crippen LogP contribution in [0.2, 0.25) is 0 Å². The van der Waals surface area contributed by atoms with Gasteiger partial charge in [-0.05, 0) is 30.3 Å². The molecule has 2 aromatic heterocycles. The quantitative estimate of drug-likeness (QED) is 0.542. The lowest BCUT2D eigenvalue weighted by molar-refractivity contribution is -0.141. The third-order valence-corrected chi connectivity index (χ3v) is 3.40. The molecule has 3 rings (SSSR count). The molecule has 0 unspecified atom stereocenters. The van der Waals surface area contributed by atoms with Crippen LogP contribution in [-0.2, 0) is 12.4 Å². The monoisotopic (exact) mass is 403 g/mol. The van der Waals surface area contributed by atoms with Crippen molar-refractivity contribution in [3.8, 4) is 23.0 Å². The molecule has 28 heavy (non-hydrogen) atoms. The van der Waals surface area contributed by atoms with E-state index in [1.807, 2.05) is 0 Å². The average molecular weight is 403 g/mol. The molecule has 0 bridgehead atoms. The van der Waals surface area contributed by atoms with Crippen LogP contribution in [0.3, 0.4) is 0 Å². The van der Waals surface area contributed by atoms with Crippen LogP contribution in [0, 0.1) is 5.82 Å². The van der Waals surface area contributed by atoms with Gasteiger partial charge in [0.1, 0.15) is 11.6 Å². The van der Waals surface area contributed by atoms with Gasteiger partial charge in [-0.15, -0.1) is 0 Å². The van der Waals surface area contributed by atoms with E-state index in [0.717, 1.165) is 6.07 Å². The normalized spacial score (nSPS) is 12.1. The maximum Gasteiger partial charge on any atom is 0.433 e. The summed E-state index contributed by atoms with van der Waals surface area (Å²) in [6, 6.07) is 4.79. The SMILES string of the molecule is Fc1ccc(Oc2cc(C(F)(F)F)nc(-c3ccncc3)n2)cc1C(F)(F)F. The number of ether oxygens (including phenoxy) is 1. The van der Waals surface area contributed by atoms with Crippen molar-refractivity contribution in [2.75, 3.05) is 0 Å². The maximum absolute atomic E-state index is 13.4. The summed E-state index contributed by atoms with van der Waals surface area (Å²) in [6.07, 6.45) is -7.26. The lowest BCUT2D eigenvalue weighted by atomic mass is 10.2. The van der Waals surface area contributed by atoms with Crippen LogP contribution in [0.25, 0.3) is 11.4 Å². The average Bonchev–Trinajstić information content (AvgIpc) is 2.62. The first kappa shape index (κ1) is 19.5. The summed E-state index contributed by atoms with van der Waals surface area (Å²) >= 11 is 0. The molecule has 1 aromatic carbocycles. The summed E-state index contributed by atoms with van der Waals surface area (Å²) in [5.41, 5.74) is -2.80. The summed E-state index contributed by atoms with van der Waals surface area (Å²) in [5.74, 6) is -3.11. The van der Waals surface area contributed by atoms with E-state index in [1.54, 1.807) is 0 Å². The van der Waals surface area contributed by atoms with E-state index in [-0.39, 0.29) is 11.4 Å². The summed E-state index contributed by atoms with van der Waals surface area (Å²) in [5, 5.41) is 0. The van der Waals surface area contributed by atoms with Gasteiger partial charge in [-0.2, -0.15) is 31.3 Å². The molecule has 0 atom stereocenters. The van der Waals surface area contributed by atoms with Crippen molar-refractivity contribution in [3.63, 3.8) is 0 Å². The standard InChI is InChI=1S/C17H8F7N3O/c18-12-2-1-10(7-11(12)16(19,20)21)28-14-8-13(17(22,23)24)26-15(27-14)9-3-5-25-6-4-9/h1-8H. The number of aromatic nitrogens is 3. The van der Waals surface area contributed by atoms with Gasteiger partial charge in [0.25, 0.3) is 0 Å². The van der Waals surface area contributed by atoms with Gasteiger partial charge in [-0.25, -0.2) is 9.37 Å². The highest BCUT2D eigenvalue weighted by Crippen LogP contribution is 2.36. The number of halogens is 7. The van der Waals surface area contributed by atoms with Crippen LogP contribution in [0.15, 0.2) is 48.8 Å². The molecule has 0 spiro atoms. The minimum atomic E-state index is -5.01. The van der Waals surface area contributed by atoms with Crippen molar-refractivity contribution in [3.05, 3.63) is 65.9 Å². The van der Waals surface area contributed by atoms with Crippen molar-refractivity contribution in [2.24, 2.45) is 0 Å². The van der Waals surface area contributed by atoms with E-state index >= 15 is 0 Å². The summed E-state index contributed by atoms with van der Waals surface area (Å²) in [4.78, 5) is 10.9. The van der Waals surface area contributed by atoms with E-state index in [0.29, 0.717) is 18.2 Å². The van der Waals surface area contributed by atoms with Crippen LogP contribution in [0.5, 0.6) is 11.6 Å².